The molecule has 0 heterocycles. The van der Waals surface area contributed by atoms with Gasteiger partial charge in [0.25, 0.3) is 10.2 Å². The summed E-state index contributed by atoms with van der Waals surface area (Å²) in [6, 6.07) is 0. The minimum atomic E-state index is -3.31. The topological polar surface area (TPSA) is 52.7 Å². The molecule has 0 aromatic rings. The maximum atomic E-state index is 12.2. The number of hydrogen-bond acceptors (Lipinski definition) is 3. The first-order valence-electron chi connectivity index (χ1n) is 7.35. The van der Waals surface area contributed by atoms with Gasteiger partial charge < -0.3 is 4.90 Å². The van der Waals surface area contributed by atoms with Crippen molar-refractivity contribution in [3.8, 4) is 0 Å². The molecular weight excluding hydrogens is 262 g/mol. The van der Waals surface area contributed by atoms with Gasteiger partial charge in [0.1, 0.15) is 0 Å². The van der Waals surface area contributed by atoms with Gasteiger partial charge in [0.15, 0.2) is 0 Å². The second kappa shape index (κ2) is 8.19. The van der Waals surface area contributed by atoms with Crippen molar-refractivity contribution in [3.05, 3.63) is 0 Å². The molecule has 0 spiro atoms. The largest absolute Gasteiger partial charge is 0.308 e. The smallest absolute Gasteiger partial charge is 0.279 e. The minimum absolute atomic E-state index is 0.450. The molecule has 0 aromatic heterocycles. The summed E-state index contributed by atoms with van der Waals surface area (Å²) in [5.41, 5.74) is 0. The maximum absolute atomic E-state index is 12.2. The Morgan fingerprint density at radius 1 is 1.11 bits per heavy atom. The van der Waals surface area contributed by atoms with E-state index >= 15 is 0 Å². The highest BCUT2D eigenvalue weighted by Gasteiger charge is 2.25. The van der Waals surface area contributed by atoms with Crippen LogP contribution < -0.4 is 4.72 Å². The van der Waals surface area contributed by atoms with Gasteiger partial charge in [-0.25, -0.2) is 4.72 Å². The number of likely N-dealkylation sites (N-methyl/N-ethyl adjacent to an activating group) is 1. The van der Waals surface area contributed by atoms with Crippen LogP contribution in [0.5, 0.6) is 0 Å². The molecule has 1 aliphatic rings. The molecule has 1 aliphatic carbocycles. The summed E-state index contributed by atoms with van der Waals surface area (Å²) in [4.78, 5) is 2.02. The molecule has 5 nitrogen and oxygen atoms in total. The Bertz CT molecular complexity index is 338. The first kappa shape index (κ1) is 16.9. The van der Waals surface area contributed by atoms with E-state index < -0.39 is 10.2 Å². The Kier molecular flexibility index (Phi) is 7.28. The van der Waals surface area contributed by atoms with Crippen LogP contribution >= 0.6 is 0 Å². The van der Waals surface area contributed by atoms with E-state index in [4.69, 9.17) is 0 Å². The van der Waals surface area contributed by atoms with E-state index in [0.717, 1.165) is 6.54 Å². The van der Waals surface area contributed by atoms with Crippen molar-refractivity contribution in [2.24, 2.45) is 5.92 Å². The SMILES string of the molecule is CCNS(=O)(=O)N(CCN(C)C)CC1CCCCC1. The number of nitrogens with one attached hydrogen (secondary N) is 1. The minimum Gasteiger partial charge on any atom is -0.308 e. The standard InChI is InChI=1S/C13H29N3O2S/c1-4-14-19(17,18)16(11-10-15(2)3)12-13-8-6-5-7-9-13/h13-14H,4-12H2,1-3H3. The predicted molar refractivity (Wildman–Crippen MR) is 79.3 cm³/mol. The zero-order valence-corrected chi connectivity index (χ0v) is 13.4. The quantitative estimate of drug-likeness (QED) is 0.733. The monoisotopic (exact) mass is 291 g/mol. The third-order valence-electron chi connectivity index (χ3n) is 3.65. The highest BCUT2D eigenvalue weighted by molar-refractivity contribution is 7.87. The van der Waals surface area contributed by atoms with Gasteiger partial charge in [-0.3, -0.25) is 0 Å². The Labute approximate surface area is 118 Å². The van der Waals surface area contributed by atoms with Crippen molar-refractivity contribution in [3.63, 3.8) is 0 Å². The van der Waals surface area contributed by atoms with Gasteiger partial charge >= 0.3 is 0 Å². The maximum Gasteiger partial charge on any atom is 0.279 e. The van der Waals surface area contributed by atoms with E-state index in [2.05, 4.69) is 4.72 Å². The molecule has 1 N–H and O–H groups in total. The lowest BCUT2D eigenvalue weighted by atomic mass is 9.89. The molecule has 0 unspecified atom stereocenters. The molecule has 0 atom stereocenters. The average molecular weight is 291 g/mol. The average Bonchev–Trinajstić information content (AvgIpc) is 2.35. The summed E-state index contributed by atoms with van der Waals surface area (Å²) in [6.45, 7) is 4.27. The lowest BCUT2D eigenvalue weighted by Gasteiger charge is -2.29. The Balaban J connectivity index is 2.62. The van der Waals surface area contributed by atoms with Crippen molar-refractivity contribution >= 4 is 10.2 Å². The van der Waals surface area contributed by atoms with Gasteiger partial charge in [0, 0.05) is 26.2 Å². The summed E-state index contributed by atoms with van der Waals surface area (Å²) in [7, 11) is 0.631. The molecule has 1 rings (SSSR count). The van der Waals surface area contributed by atoms with Gasteiger partial charge in [0.05, 0.1) is 0 Å². The van der Waals surface area contributed by atoms with Crippen molar-refractivity contribution < 1.29 is 8.42 Å². The van der Waals surface area contributed by atoms with Gasteiger partial charge in [0.2, 0.25) is 0 Å². The third kappa shape index (κ3) is 6.21. The molecule has 6 heteroatoms. The number of hydrogen-bond donors (Lipinski definition) is 1. The fourth-order valence-corrected chi connectivity index (χ4v) is 3.83. The molecule has 1 saturated carbocycles. The van der Waals surface area contributed by atoms with Crippen molar-refractivity contribution in [2.45, 2.75) is 39.0 Å². The van der Waals surface area contributed by atoms with Crippen LogP contribution in [-0.2, 0) is 10.2 Å². The first-order chi connectivity index (χ1) is 8.95. The summed E-state index contributed by atoms with van der Waals surface area (Å²) < 4.78 is 28.7. The van der Waals surface area contributed by atoms with Gasteiger partial charge in [-0.05, 0) is 32.9 Å². The Morgan fingerprint density at radius 2 is 1.74 bits per heavy atom. The molecule has 0 aromatic carbocycles. The van der Waals surface area contributed by atoms with E-state index in [-0.39, 0.29) is 0 Å². The Hall–Kier alpha value is -0.170. The molecule has 0 amide bonds. The highest BCUT2D eigenvalue weighted by Crippen LogP contribution is 2.24. The second-order valence-electron chi connectivity index (χ2n) is 5.67. The van der Waals surface area contributed by atoms with Crippen LogP contribution in [-0.4, -0.2) is 57.9 Å². The van der Waals surface area contributed by atoms with Crippen LogP contribution in [0, 0.1) is 5.92 Å². The Morgan fingerprint density at radius 3 is 2.26 bits per heavy atom. The summed E-state index contributed by atoms with van der Waals surface area (Å²) >= 11 is 0. The van der Waals surface area contributed by atoms with Crippen molar-refractivity contribution in [2.75, 3.05) is 40.3 Å². The molecule has 0 saturated heterocycles. The molecule has 0 aliphatic heterocycles. The fourth-order valence-electron chi connectivity index (χ4n) is 2.55. The van der Waals surface area contributed by atoms with E-state index in [0.29, 0.717) is 25.6 Å². The highest BCUT2D eigenvalue weighted by atomic mass is 32.2. The molecule has 0 radical (unpaired) electrons. The molecular formula is C13H29N3O2S. The van der Waals surface area contributed by atoms with Crippen LogP contribution in [0.4, 0.5) is 0 Å². The van der Waals surface area contributed by atoms with Crippen LogP contribution in [0.2, 0.25) is 0 Å². The lowest BCUT2D eigenvalue weighted by Crippen LogP contribution is -2.45. The summed E-state index contributed by atoms with van der Waals surface area (Å²) in [5, 5.41) is 0. The number of rotatable bonds is 8. The van der Waals surface area contributed by atoms with Crippen molar-refractivity contribution in [1.29, 1.82) is 0 Å². The molecule has 1 fully saturated rings. The van der Waals surface area contributed by atoms with Gasteiger partial charge in [-0.2, -0.15) is 12.7 Å². The van der Waals surface area contributed by atoms with Crippen LogP contribution in [0.15, 0.2) is 0 Å². The van der Waals surface area contributed by atoms with Crippen LogP contribution in [0.3, 0.4) is 0 Å². The third-order valence-corrected chi connectivity index (χ3v) is 5.31. The molecule has 114 valence electrons. The van der Waals surface area contributed by atoms with Crippen LogP contribution in [0.25, 0.3) is 0 Å². The summed E-state index contributed by atoms with van der Waals surface area (Å²) in [6.07, 6.45) is 6.12. The van der Waals surface area contributed by atoms with Crippen LogP contribution in [0.1, 0.15) is 39.0 Å². The molecule has 0 bridgehead atoms. The van der Waals surface area contributed by atoms with E-state index in [1.807, 2.05) is 25.9 Å². The van der Waals surface area contributed by atoms with E-state index in [1.54, 1.807) is 4.31 Å². The zero-order chi connectivity index (χ0) is 14.3. The van der Waals surface area contributed by atoms with E-state index in [9.17, 15) is 8.42 Å². The van der Waals surface area contributed by atoms with Crippen molar-refractivity contribution in [1.82, 2.24) is 13.9 Å². The lowest BCUT2D eigenvalue weighted by molar-refractivity contribution is 0.259. The van der Waals surface area contributed by atoms with E-state index in [1.165, 1.54) is 32.1 Å². The predicted octanol–water partition coefficient (Wildman–Crippen LogP) is 1.28. The molecule has 19 heavy (non-hydrogen) atoms. The fraction of sp³-hybridized carbons (Fsp3) is 1.00. The first-order valence-corrected chi connectivity index (χ1v) is 8.79. The van der Waals surface area contributed by atoms with Gasteiger partial charge in [-0.15, -0.1) is 0 Å². The summed E-state index contributed by atoms with van der Waals surface area (Å²) in [5.74, 6) is 0.532. The second-order valence-corrected chi connectivity index (χ2v) is 7.42. The normalized spacial score (nSPS) is 18.4. The zero-order valence-electron chi connectivity index (χ0n) is 12.6. The number of nitrogens with zero attached hydrogens (tertiary/aromatic N) is 2. The van der Waals surface area contributed by atoms with Gasteiger partial charge in [-0.1, -0.05) is 26.2 Å².